The first kappa shape index (κ1) is 11.6. The van der Waals surface area contributed by atoms with E-state index in [9.17, 15) is 9.59 Å². The summed E-state index contributed by atoms with van der Waals surface area (Å²) in [6.07, 6.45) is 0.626. The van der Waals surface area contributed by atoms with Gasteiger partial charge in [0.2, 0.25) is 0 Å². The number of ether oxygens (including phenoxy) is 2. The second kappa shape index (κ2) is 5.45. The largest absolute Gasteiger partial charge is 0.483 e. The Bertz CT molecular complexity index is 380. The van der Waals surface area contributed by atoms with E-state index in [4.69, 9.17) is 4.74 Å². The molecule has 6 heteroatoms. The molecule has 1 aromatic heterocycles. The summed E-state index contributed by atoms with van der Waals surface area (Å²) in [6, 6.07) is 2.99. The summed E-state index contributed by atoms with van der Waals surface area (Å²) in [7, 11) is 1.27. The summed E-state index contributed by atoms with van der Waals surface area (Å²) in [5.74, 6) is -0.132. The molecule has 0 saturated carbocycles. The average Bonchev–Trinajstić information content (AvgIpc) is 2.26. The smallest absolute Gasteiger partial charge is 0.356 e. The normalized spacial score (nSPS) is 9.47. The average molecular weight is 274 g/mol. The number of carbonyl (C=O) groups is 2. The maximum atomic E-state index is 11.1. The number of methoxy groups -OCH3 is 1. The Kier molecular flexibility index (Phi) is 4.23. The minimum atomic E-state index is -0.530. The summed E-state index contributed by atoms with van der Waals surface area (Å²) in [5.41, 5.74) is 0.169. The van der Waals surface area contributed by atoms with Crippen molar-refractivity contribution in [3.63, 3.8) is 0 Å². The monoisotopic (exact) mass is 273 g/mol. The topological polar surface area (TPSA) is 65.5 Å². The molecule has 0 unspecified atom stereocenters. The molecular formula is C9H8BrNO4. The Morgan fingerprint density at radius 1 is 1.60 bits per heavy atom. The standard InChI is InChI=1S/C9H8BrNO4/c1-14-9(13)6-2-3-7(8(10)11-6)15-5-4-12/h2-4H,5H2,1H3. The van der Waals surface area contributed by atoms with Crippen molar-refractivity contribution in [1.82, 2.24) is 4.98 Å². The fourth-order valence-corrected chi connectivity index (χ4v) is 1.31. The lowest BCUT2D eigenvalue weighted by atomic mass is 10.3. The van der Waals surface area contributed by atoms with Crippen molar-refractivity contribution >= 4 is 28.2 Å². The fraction of sp³-hybridized carbons (Fsp3) is 0.222. The predicted octanol–water partition coefficient (Wildman–Crippen LogP) is 1.21. The van der Waals surface area contributed by atoms with E-state index >= 15 is 0 Å². The number of pyridine rings is 1. The molecule has 80 valence electrons. The zero-order valence-electron chi connectivity index (χ0n) is 7.90. The highest BCUT2D eigenvalue weighted by atomic mass is 79.9. The number of aldehydes is 1. The van der Waals surface area contributed by atoms with Crippen molar-refractivity contribution in [2.45, 2.75) is 0 Å². The van der Waals surface area contributed by atoms with Crippen LogP contribution in [0, 0.1) is 0 Å². The van der Waals surface area contributed by atoms with Crippen LogP contribution in [0.5, 0.6) is 5.75 Å². The second-order valence-corrected chi connectivity index (χ2v) is 3.21. The van der Waals surface area contributed by atoms with E-state index in [1.54, 1.807) is 0 Å². The van der Waals surface area contributed by atoms with E-state index in [1.165, 1.54) is 19.2 Å². The molecule has 0 radical (unpaired) electrons. The van der Waals surface area contributed by atoms with Crippen LogP contribution >= 0.6 is 15.9 Å². The van der Waals surface area contributed by atoms with Crippen LogP contribution in [0.1, 0.15) is 10.5 Å². The Balaban J connectivity index is 2.87. The summed E-state index contributed by atoms with van der Waals surface area (Å²) >= 11 is 3.11. The lowest BCUT2D eigenvalue weighted by molar-refractivity contribution is -0.109. The first-order valence-corrected chi connectivity index (χ1v) is 4.79. The van der Waals surface area contributed by atoms with Crippen LogP contribution in [-0.4, -0.2) is 31.0 Å². The lowest BCUT2D eigenvalue weighted by Crippen LogP contribution is -2.06. The summed E-state index contributed by atoms with van der Waals surface area (Å²) in [4.78, 5) is 25.1. The Morgan fingerprint density at radius 3 is 2.87 bits per heavy atom. The highest BCUT2D eigenvalue weighted by Gasteiger charge is 2.10. The minimum Gasteiger partial charge on any atom is -0.483 e. The van der Waals surface area contributed by atoms with Gasteiger partial charge in [-0.2, -0.15) is 0 Å². The third kappa shape index (κ3) is 3.02. The zero-order chi connectivity index (χ0) is 11.3. The van der Waals surface area contributed by atoms with Gasteiger partial charge >= 0.3 is 5.97 Å². The SMILES string of the molecule is COC(=O)c1ccc(OCC=O)c(Br)n1. The van der Waals surface area contributed by atoms with Crippen LogP contribution in [-0.2, 0) is 9.53 Å². The van der Waals surface area contributed by atoms with Crippen molar-refractivity contribution in [1.29, 1.82) is 0 Å². The number of carbonyl (C=O) groups excluding carboxylic acids is 2. The first-order valence-electron chi connectivity index (χ1n) is 4.00. The van der Waals surface area contributed by atoms with E-state index in [0.29, 0.717) is 16.6 Å². The first-order chi connectivity index (χ1) is 7.19. The van der Waals surface area contributed by atoms with Gasteiger partial charge in [-0.1, -0.05) is 0 Å². The molecule has 1 heterocycles. The molecule has 0 aliphatic heterocycles. The van der Waals surface area contributed by atoms with Crippen molar-refractivity contribution in [3.8, 4) is 5.75 Å². The van der Waals surface area contributed by atoms with Crippen molar-refractivity contribution in [2.24, 2.45) is 0 Å². The fourth-order valence-electron chi connectivity index (χ4n) is 0.871. The number of aromatic nitrogens is 1. The molecule has 1 aromatic rings. The number of halogens is 1. The Labute approximate surface area is 94.5 Å². The molecule has 0 aliphatic rings. The third-order valence-electron chi connectivity index (χ3n) is 1.52. The number of nitrogens with zero attached hydrogens (tertiary/aromatic N) is 1. The van der Waals surface area contributed by atoms with Gasteiger partial charge in [-0.25, -0.2) is 9.78 Å². The quantitative estimate of drug-likeness (QED) is 0.469. The zero-order valence-corrected chi connectivity index (χ0v) is 9.48. The van der Waals surface area contributed by atoms with Crippen molar-refractivity contribution in [2.75, 3.05) is 13.7 Å². The Hall–Kier alpha value is -1.43. The van der Waals surface area contributed by atoms with Gasteiger partial charge in [0.15, 0.2) is 12.0 Å². The summed E-state index contributed by atoms with van der Waals surface area (Å²) in [6.45, 7) is -0.0577. The van der Waals surface area contributed by atoms with E-state index in [1.807, 2.05) is 0 Å². The van der Waals surface area contributed by atoms with E-state index in [-0.39, 0.29) is 12.3 Å². The molecule has 0 bridgehead atoms. The van der Waals surface area contributed by atoms with Crippen molar-refractivity contribution < 1.29 is 19.1 Å². The molecule has 0 N–H and O–H groups in total. The molecule has 5 nitrogen and oxygen atoms in total. The van der Waals surface area contributed by atoms with Gasteiger partial charge < -0.3 is 9.47 Å². The summed E-state index contributed by atoms with van der Waals surface area (Å²) in [5, 5.41) is 0. The second-order valence-electron chi connectivity index (χ2n) is 2.45. The molecular weight excluding hydrogens is 266 g/mol. The van der Waals surface area contributed by atoms with Gasteiger partial charge in [0.25, 0.3) is 0 Å². The minimum absolute atomic E-state index is 0.0577. The van der Waals surface area contributed by atoms with Crippen molar-refractivity contribution in [3.05, 3.63) is 22.4 Å². The molecule has 0 fully saturated rings. The van der Waals surface area contributed by atoms with E-state index in [2.05, 4.69) is 25.7 Å². The van der Waals surface area contributed by atoms with Crippen LogP contribution in [0.3, 0.4) is 0 Å². The molecule has 15 heavy (non-hydrogen) atoms. The van der Waals surface area contributed by atoms with Crippen LogP contribution in [0.25, 0.3) is 0 Å². The van der Waals surface area contributed by atoms with Gasteiger partial charge in [-0.15, -0.1) is 0 Å². The Morgan fingerprint density at radius 2 is 2.33 bits per heavy atom. The molecule has 0 saturated heterocycles. The number of hydrogen-bond acceptors (Lipinski definition) is 5. The third-order valence-corrected chi connectivity index (χ3v) is 2.08. The van der Waals surface area contributed by atoms with Crippen LogP contribution < -0.4 is 4.74 Å². The molecule has 1 rings (SSSR count). The highest BCUT2D eigenvalue weighted by molar-refractivity contribution is 9.10. The van der Waals surface area contributed by atoms with Gasteiger partial charge in [0.05, 0.1) is 7.11 Å². The van der Waals surface area contributed by atoms with E-state index in [0.717, 1.165) is 0 Å². The van der Waals surface area contributed by atoms with Gasteiger partial charge in [-0.3, -0.25) is 4.79 Å². The maximum Gasteiger partial charge on any atom is 0.356 e. The summed E-state index contributed by atoms with van der Waals surface area (Å²) < 4.78 is 9.87. The predicted molar refractivity (Wildman–Crippen MR) is 54.8 cm³/mol. The van der Waals surface area contributed by atoms with Gasteiger partial charge in [-0.05, 0) is 28.1 Å². The lowest BCUT2D eigenvalue weighted by Gasteiger charge is -2.05. The molecule has 0 aromatic carbocycles. The number of esters is 1. The van der Waals surface area contributed by atoms with Crippen LogP contribution in [0.4, 0.5) is 0 Å². The van der Waals surface area contributed by atoms with Crippen LogP contribution in [0.15, 0.2) is 16.7 Å². The van der Waals surface area contributed by atoms with E-state index < -0.39 is 5.97 Å². The molecule has 0 atom stereocenters. The van der Waals surface area contributed by atoms with Gasteiger partial charge in [0, 0.05) is 0 Å². The number of hydrogen-bond donors (Lipinski definition) is 0. The van der Waals surface area contributed by atoms with Crippen LogP contribution in [0.2, 0.25) is 0 Å². The molecule has 0 amide bonds. The maximum absolute atomic E-state index is 11.1. The molecule has 0 aliphatic carbocycles. The molecule has 0 spiro atoms. The highest BCUT2D eigenvalue weighted by Crippen LogP contribution is 2.22. The number of rotatable bonds is 4. The van der Waals surface area contributed by atoms with Gasteiger partial charge in [0.1, 0.15) is 16.9 Å².